The molecule has 7 nitrogen and oxygen atoms in total. The minimum absolute atomic E-state index is 0.0238. The van der Waals surface area contributed by atoms with Crippen LogP contribution in [0.1, 0.15) is 34.3 Å². The molecular formula is C20H23N3O4. The van der Waals surface area contributed by atoms with E-state index in [9.17, 15) is 14.9 Å². The topological polar surface area (TPSA) is 84.7 Å². The van der Waals surface area contributed by atoms with Gasteiger partial charge in [0.05, 0.1) is 11.5 Å². The zero-order valence-corrected chi connectivity index (χ0v) is 15.3. The van der Waals surface area contributed by atoms with E-state index in [0.717, 1.165) is 37.1 Å². The van der Waals surface area contributed by atoms with Gasteiger partial charge >= 0.3 is 0 Å². The highest BCUT2D eigenvalue weighted by Gasteiger charge is 2.23. The van der Waals surface area contributed by atoms with E-state index >= 15 is 0 Å². The summed E-state index contributed by atoms with van der Waals surface area (Å²) in [6.45, 7) is 2.41. The van der Waals surface area contributed by atoms with Crippen molar-refractivity contribution >= 4 is 17.3 Å². The molecule has 0 aromatic heterocycles. The van der Waals surface area contributed by atoms with Crippen LogP contribution < -0.4 is 10.2 Å². The van der Waals surface area contributed by atoms with Crippen LogP contribution in [-0.2, 0) is 17.9 Å². The van der Waals surface area contributed by atoms with Crippen molar-refractivity contribution in [3.63, 3.8) is 0 Å². The average molecular weight is 369 g/mol. The first kappa shape index (κ1) is 18.8. The third-order valence-corrected chi connectivity index (χ3v) is 4.74. The van der Waals surface area contributed by atoms with Crippen LogP contribution >= 0.6 is 0 Å². The van der Waals surface area contributed by atoms with Crippen LogP contribution in [-0.4, -0.2) is 31.0 Å². The van der Waals surface area contributed by atoms with Crippen LogP contribution in [0, 0.1) is 10.1 Å². The van der Waals surface area contributed by atoms with Gasteiger partial charge in [-0.3, -0.25) is 14.9 Å². The third kappa shape index (κ3) is 4.43. The van der Waals surface area contributed by atoms with E-state index in [2.05, 4.69) is 5.32 Å². The molecule has 2 aromatic carbocycles. The maximum atomic E-state index is 12.5. The van der Waals surface area contributed by atoms with Gasteiger partial charge in [0.15, 0.2) is 0 Å². The van der Waals surface area contributed by atoms with Crippen molar-refractivity contribution in [1.29, 1.82) is 0 Å². The molecule has 0 aliphatic carbocycles. The lowest BCUT2D eigenvalue weighted by atomic mass is 10.1. The second-order valence-corrected chi connectivity index (χ2v) is 6.54. The first-order valence-corrected chi connectivity index (χ1v) is 8.97. The fourth-order valence-corrected chi connectivity index (χ4v) is 3.34. The summed E-state index contributed by atoms with van der Waals surface area (Å²) >= 11 is 0. The van der Waals surface area contributed by atoms with Gasteiger partial charge in [-0.05, 0) is 36.1 Å². The molecule has 1 aliphatic heterocycles. The summed E-state index contributed by atoms with van der Waals surface area (Å²) in [4.78, 5) is 25.6. The Balaban J connectivity index is 1.75. The Bertz CT molecular complexity index is 832. The van der Waals surface area contributed by atoms with Crippen molar-refractivity contribution in [2.45, 2.75) is 26.0 Å². The molecule has 7 heteroatoms. The van der Waals surface area contributed by atoms with E-state index in [0.29, 0.717) is 18.8 Å². The Hall–Kier alpha value is -2.93. The molecule has 3 rings (SSSR count). The van der Waals surface area contributed by atoms with Crippen LogP contribution in [0.4, 0.5) is 11.4 Å². The number of amides is 1. The van der Waals surface area contributed by atoms with Crippen molar-refractivity contribution in [2.24, 2.45) is 0 Å². The maximum Gasteiger partial charge on any atom is 0.293 e. The molecule has 2 aromatic rings. The lowest BCUT2D eigenvalue weighted by Crippen LogP contribution is -2.24. The van der Waals surface area contributed by atoms with Crippen LogP contribution in [0.25, 0.3) is 0 Å². The minimum atomic E-state index is -0.418. The highest BCUT2D eigenvalue weighted by molar-refractivity contribution is 5.95. The van der Waals surface area contributed by atoms with Crippen LogP contribution in [0.15, 0.2) is 42.5 Å². The van der Waals surface area contributed by atoms with Gasteiger partial charge in [-0.25, -0.2) is 0 Å². The van der Waals surface area contributed by atoms with Crippen molar-refractivity contribution in [2.75, 3.05) is 25.1 Å². The molecule has 0 spiro atoms. The minimum Gasteiger partial charge on any atom is -0.380 e. The number of hydrogen-bond donors (Lipinski definition) is 1. The standard InChI is InChI=1S/C20H23N3O4/c1-27-14-17-7-3-2-6-16(17)13-21-20(24)15-8-9-18(19(12-15)23(25)26)22-10-4-5-11-22/h2-3,6-9,12H,4-5,10-11,13-14H2,1H3,(H,21,24). The van der Waals surface area contributed by atoms with E-state index in [1.54, 1.807) is 19.2 Å². The van der Waals surface area contributed by atoms with Gasteiger partial charge in [0, 0.05) is 38.4 Å². The predicted molar refractivity (Wildman–Crippen MR) is 103 cm³/mol. The quantitative estimate of drug-likeness (QED) is 0.598. The number of nitro benzene ring substituents is 1. The monoisotopic (exact) mass is 369 g/mol. The molecule has 0 radical (unpaired) electrons. The first-order valence-electron chi connectivity index (χ1n) is 8.97. The number of nitrogens with one attached hydrogen (secondary N) is 1. The molecule has 142 valence electrons. The average Bonchev–Trinajstić information content (AvgIpc) is 3.21. The number of benzene rings is 2. The SMILES string of the molecule is COCc1ccccc1CNC(=O)c1ccc(N2CCCC2)c([N+](=O)[O-])c1. The molecule has 1 amide bonds. The smallest absolute Gasteiger partial charge is 0.293 e. The molecule has 1 heterocycles. The molecule has 1 N–H and O–H groups in total. The van der Waals surface area contributed by atoms with E-state index in [1.165, 1.54) is 6.07 Å². The van der Waals surface area contributed by atoms with E-state index in [-0.39, 0.29) is 17.2 Å². The molecule has 0 bridgehead atoms. The third-order valence-electron chi connectivity index (χ3n) is 4.74. The lowest BCUT2D eigenvalue weighted by molar-refractivity contribution is -0.384. The van der Waals surface area contributed by atoms with Gasteiger partial charge in [-0.15, -0.1) is 0 Å². The maximum absolute atomic E-state index is 12.5. The summed E-state index contributed by atoms with van der Waals surface area (Å²) in [7, 11) is 1.62. The number of nitro groups is 1. The lowest BCUT2D eigenvalue weighted by Gasteiger charge is -2.18. The number of ether oxygens (including phenoxy) is 1. The fourth-order valence-electron chi connectivity index (χ4n) is 3.34. The van der Waals surface area contributed by atoms with E-state index in [4.69, 9.17) is 4.74 Å². The predicted octanol–water partition coefficient (Wildman–Crippen LogP) is 3.27. The molecule has 1 saturated heterocycles. The number of rotatable bonds is 7. The number of methoxy groups -OCH3 is 1. The van der Waals surface area contributed by atoms with Crippen molar-refractivity contribution in [3.8, 4) is 0 Å². The van der Waals surface area contributed by atoms with Gasteiger partial charge in [0.2, 0.25) is 0 Å². The summed E-state index contributed by atoms with van der Waals surface area (Å²) in [6, 6.07) is 12.4. The summed E-state index contributed by atoms with van der Waals surface area (Å²) in [6.07, 6.45) is 2.06. The molecule has 1 aliphatic rings. The summed E-state index contributed by atoms with van der Waals surface area (Å²) in [5.74, 6) is -0.335. The fraction of sp³-hybridized carbons (Fsp3) is 0.350. The number of nitrogens with zero attached hydrogens (tertiary/aromatic N) is 2. The first-order chi connectivity index (χ1) is 13.1. The van der Waals surface area contributed by atoms with Gasteiger partial charge in [0.1, 0.15) is 5.69 Å². The molecule has 0 saturated carbocycles. The summed E-state index contributed by atoms with van der Waals surface area (Å²) in [5, 5.41) is 14.3. The van der Waals surface area contributed by atoms with Gasteiger partial charge in [-0.2, -0.15) is 0 Å². The van der Waals surface area contributed by atoms with Crippen molar-refractivity contribution < 1.29 is 14.5 Å². The van der Waals surface area contributed by atoms with Crippen molar-refractivity contribution in [3.05, 3.63) is 69.3 Å². The van der Waals surface area contributed by atoms with Crippen molar-refractivity contribution in [1.82, 2.24) is 5.32 Å². The molecule has 27 heavy (non-hydrogen) atoms. The number of carbonyl (C=O) groups excluding carboxylic acids is 1. The zero-order chi connectivity index (χ0) is 19.2. The summed E-state index contributed by atoms with van der Waals surface area (Å²) < 4.78 is 5.17. The van der Waals surface area contributed by atoms with Gasteiger partial charge in [0.25, 0.3) is 11.6 Å². The molecule has 1 fully saturated rings. The second-order valence-electron chi connectivity index (χ2n) is 6.54. The Labute approximate surface area is 158 Å². The molecule has 0 atom stereocenters. The van der Waals surface area contributed by atoms with Gasteiger partial charge in [-0.1, -0.05) is 24.3 Å². The Morgan fingerprint density at radius 3 is 2.56 bits per heavy atom. The number of carbonyl (C=O) groups is 1. The molecular weight excluding hydrogens is 346 g/mol. The molecule has 0 unspecified atom stereocenters. The van der Waals surface area contributed by atoms with E-state index < -0.39 is 4.92 Å². The largest absolute Gasteiger partial charge is 0.380 e. The van der Waals surface area contributed by atoms with Gasteiger partial charge < -0.3 is 15.0 Å². The van der Waals surface area contributed by atoms with Crippen LogP contribution in [0.2, 0.25) is 0 Å². The highest BCUT2D eigenvalue weighted by atomic mass is 16.6. The Morgan fingerprint density at radius 1 is 1.19 bits per heavy atom. The normalized spacial score (nSPS) is 13.6. The highest BCUT2D eigenvalue weighted by Crippen LogP contribution is 2.31. The summed E-state index contributed by atoms with van der Waals surface area (Å²) in [5.41, 5.74) is 2.80. The number of anilines is 1. The van der Waals surface area contributed by atoms with E-state index in [1.807, 2.05) is 29.2 Å². The number of hydrogen-bond acceptors (Lipinski definition) is 5. The second kappa shape index (κ2) is 8.64. The van der Waals surface area contributed by atoms with Crippen LogP contribution in [0.5, 0.6) is 0 Å². The Kier molecular flexibility index (Phi) is 6.03. The van der Waals surface area contributed by atoms with Crippen LogP contribution in [0.3, 0.4) is 0 Å². The zero-order valence-electron chi connectivity index (χ0n) is 15.3. The Morgan fingerprint density at radius 2 is 1.89 bits per heavy atom.